The van der Waals surface area contributed by atoms with Crippen LogP contribution in [0.3, 0.4) is 0 Å². The van der Waals surface area contributed by atoms with Gasteiger partial charge in [0.15, 0.2) is 0 Å². The zero-order valence-electron chi connectivity index (χ0n) is 11.3. The van der Waals surface area contributed by atoms with Crippen molar-refractivity contribution < 1.29 is 9.53 Å². The van der Waals surface area contributed by atoms with Gasteiger partial charge in [-0.05, 0) is 43.0 Å². The van der Waals surface area contributed by atoms with Gasteiger partial charge in [0, 0.05) is 31.2 Å². The Morgan fingerprint density at radius 2 is 2.11 bits per heavy atom. The van der Waals surface area contributed by atoms with Crippen LogP contribution in [0.25, 0.3) is 0 Å². The summed E-state index contributed by atoms with van der Waals surface area (Å²) in [6.45, 7) is 2.87. The second kappa shape index (κ2) is 5.21. The number of rotatable bonds is 2. The number of amides is 1. The van der Waals surface area contributed by atoms with E-state index in [1.165, 1.54) is 6.42 Å². The minimum absolute atomic E-state index is 0.154. The Hall–Kier alpha value is -1.55. The number of carbonyl (C=O) groups excluding carboxylic acids is 1. The molecule has 2 aliphatic rings. The maximum atomic E-state index is 12.6. The predicted octanol–water partition coefficient (Wildman–Crippen LogP) is 1.52. The minimum atomic E-state index is 0.154. The van der Waals surface area contributed by atoms with Crippen LogP contribution >= 0.6 is 0 Å². The van der Waals surface area contributed by atoms with Crippen LogP contribution in [0.1, 0.15) is 23.2 Å². The van der Waals surface area contributed by atoms with Crippen molar-refractivity contribution in [1.82, 2.24) is 10.2 Å². The average Bonchev–Trinajstić information content (AvgIpc) is 2.95. The van der Waals surface area contributed by atoms with Crippen LogP contribution in [-0.4, -0.2) is 43.6 Å². The summed E-state index contributed by atoms with van der Waals surface area (Å²) in [5, 5.41) is 3.40. The summed E-state index contributed by atoms with van der Waals surface area (Å²) in [5.74, 6) is 1.58. The highest BCUT2D eigenvalue weighted by Gasteiger charge is 2.37. The Morgan fingerprint density at radius 1 is 1.32 bits per heavy atom. The lowest BCUT2D eigenvalue weighted by atomic mass is 9.91. The summed E-state index contributed by atoms with van der Waals surface area (Å²) < 4.78 is 5.13. The SMILES string of the molecule is COc1ccc(C(=O)N2CCCC3CNCC32)cc1. The molecule has 4 nitrogen and oxygen atoms in total. The van der Waals surface area contributed by atoms with Crippen LogP contribution in [0.15, 0.2) is 24.3 Å². The van der Waals surface area contributed by atoms with Gasteiger partial charge in [-0.3, -0.25) is 4.79 Å². The molecule has 2 aliphatic heterocycles. The molecule has 3 rings (SSSR count). The Labute approximate surface area is 113 Å². The molecular formula is C15H20N2O2. The van der Waals surface area contributed by atoms with Crippen LogP contribution in [0.2, 0.25) is 0 Å². The van der Waals surface area contributed by atoms with E-state index in [1.54, 1.807) is 7.11 Å². The number of fused-ring (bicyclic) bond motifs is 1. The number of likely N-dealkylation sites (tertiary alicyclic amines) is 1. The molecule has 102 valence electrons. The van der Waals surface area contributed by atoms with Crippen molar-refractivity contribution in [3.8, 4) is 5.75 Å². The average molecular weight is 260 g/mol. The van der Waals surface area contributed by atoms with Gasteiger partial charge in [-0.1, -0.05) is 0 Å². The topological polar surface area (TPSA) is 41.6 Å². The summed E-state index contributed by atoms with van der Waals surface area (Å²) in [6, 6.07) is 7.78. The fourth-order valence-corrected chi connectivity index (χ4v) is 3.22. The fraction of sp³-hybridized carbons (Fsp3) is 0.533. The van der Waals surface area contributed by atoms with Crippen LogP contribution in [0.4, 0.5) is 0 Å². The summed E-state index contributed by atoms with van der Waals surface area (Å²) in [5.41, 5.74) is 0.758. The minimum Gasteiger partial charge on any atom is -0.497 e. The molecular weight excluding hydrogens is 240 g/mol. The summed E-state index contributed by atoms with van der Waals surface area (Å²) in [4.78, 5) is 14.7. The first kappa shape index (κ1) is 12.5. The number of benzene rings is 1. The second-order valence-corrected chi connectivity index (χ2v) is 5.35. The van der Waals surface area contributed by atoms with Gasteiger partial charge >= 0.3 is 0 Å². The maximum Gasteiger partial charge on any atom is 0.254 e. The van der Waals surface area contributed by atoms with Crippen molar-refractivity contribution in [2.75, 3.05) is 26.7 Å². The van der Waals surface area contributed by atoms with Crippen molar-refractivity contribution in [3.05, 3.63) is 29.8 Å². The number of hydrogen-bond donors (Lipinski definition) is 1. The smallest absolute Gasteiger partial charge is 0.254 e. The molecule has 0 bridgehead atoms. The van der Waals surface area contributed by atoms with Crippen molar-refractivity contribution >= 4 is 5.91 Å². The standard InChI is InChI=1S/C15H20N2O2/c1-19-13-6-4-11(5-7-13)15(18)17-8-2-3-12-9-16-10-14(12)17/h4-7,12,14,16H,2-3,8-10H2,1H3. The monoisotopic (exact) mass is 260 g/mol. The van der Waals surface area contributed by atoms with E-state index in [9.17, 15) is 4.79 Å². The van der Waals surface area contributed by atoms with Crippen LogP contribution in [0, 0.1) is 5.92 Å². The number of nitrogens with zero attached hydrogens (tertiary/aromatic N) is 1. The first-order valence-corrected chi connectivity index (χ1v) is 6.95. The first-order chi connectivity index (χ1) is 9.29. The van der Waals surface area contributed by atoms with E-state index in [0.29, 0.717) is 12.0 Å². The lowest BCUT2D eigenvalue weighted by Crippen LogP contribution is -2.48. The fourth-order valence-electron chi connectivity index (χ4n) is 3.22. The highest BCUT2D eigenvalue weighted by atomic mass is 16.5. The molecule has 2 saturated heterocycles. The number of hydrogen-bond acceptors (Lipinski definition) is 3. The Kier molecular flexibility index (Phi) is 3.42. The number of ether oxygens (including phenoxy) is 1. The van der Waals surface area contributed by atoms with Crippen molar-refractivity contribution in [2.24, 2.45) is 5.92 Å². The maximum absolute atomic E-state index is 12.6. The highest BCUT2D eigenvalue weighted by Crippen LogP contribution is 2.28. The number of piperidine rings is 1. The van der Waals surface area contributed by atoms with E-state index >= 15 is 0 Å². The van der Waals surface area contributed by atoms with Gasteiger partial charge in [0.05, 0.1) is 7.11 Å². The lowest BCUT2D eigenvalue weighted by molar-refractivity contribution is 0.0575. The second-order valence-electron chi connectivity index (χ2n) is 5.35. The van der Waals surface area contributed by atoms with E-state index in [2.05, 4.69) is 10.2 Å². The van der Waals surface area contributed by atoms with Gasteiger partial charge in [-0.15, -0.1) is 0 Å². The van der Waals surface area contributed by atoms with Crippen LogP contribution in [-0.2, 0) is 0 Å². The van der Waals surface area contributed by atoms with Crippen molar-refractivity contribution in [1.29, 1.82) is 0 Å². The molecule has 1 aromatic rings. The molecule has 1 N–H and O–H groups in total. The molecule has 0 aliphatic carbocycles. The summed E-state index contributed by atoms with van der Waals surface area (Å²) >= 11 is 0. The first-order valence-electron chi connectivity index (χ1n) is 6.95. The van der Waals surface area contributed by atoms with Gasteiger partial charge in [0.25, 0.3) is 5.91 Å². The molecule has 1 amide bonds. The van der Waals surface area contributed by atoms with Gasteiger partial charge in [-0.25, -0.2) is 0 Å². The Bertz CT molecular complexity index is 458. The van der Waals surface area contributed by atoms with Crippen LogP contribution in [0.5, 0.6) is 5.75 Å². The quantitative estimate of drug-likeness (QED) is 0.876. The van der Waals surface area contributed by atoms with Gasteiger partial charge in [0.2, 0.25) is 0 Å². The largest absolute Gasteiger partial charge is 0.497 e. The van der Waals surface area contributed by atoms with E-state index < -0.39 is 0 Å². The van der Waals surface area contributed by atoms with Crippen molar-refractivity contribution in [2.45, 2.75) is 18.9 Å². The van der Waals surface area contributed by atoms with E-state index in [-0.39, 0.29) is 5.91 Å². The molecule has 2 atom stereocenters. The molecule has 1 aromatic carbocycles. The highest BCUT2D eigenvalue weighted by molar-refractivity contribution is 5.94. The zero-order valence-corrected chi connectivity index (χ0v) is 11.3. The lowest BCUT2D eigenvalue weighted by Gasteiger charge is -2.37. The molecule has 2 unspecified atom stereocenters. The van der Waals surface area contributed by atoms with E-state index in [4.69, 9.17) is 4.74 Å². The molecule has 0 saturated carbocycles. The van der Waals surface area contributed by atoms with E-state index in [0.717, 1.165) is 37.4 Å². The van der Waals surface area contributed by atoms with Crippen molar-refractivity contribution in [3.63, 3.8) is 0 Å². The Morgan fingerprint density at radius 3 is 2.84 bits per heavy atom. The third kappa shape index (κ3) is 2.32. The van der Waals surface area contributed by atoms with Gasteiger partial charge < -0.3 is 15.0 Å². The molecule has 4 heteroatoms. The number of carbonyl (C=O) groups is 1. The molecule has 0 radical (unpaired) electrons. The third-order valence-corrected chi connectivity index (χ3v) is 4.28. The third-order valence-electron chi connectivity index (χ3n) is 4.28. The molecule has 2 fully saturated rings. The number of nitrogens with one attached hydrogen (secondary N) is 1. The summed E-state index contributed by atoms with van der Waals surface area (Å²) in [6.07, 6.45) is 2.36. The normalized spacial score (nSPS) is 26.1. The zero-order chi connectivity index (χ0) is 13.2. The molecule has 19 heavy (non-hydrogen) atoms. The molecule has 0 aromatic heterocycles. The molecule has 0 spiro atoms. The van der Waals surface area contributed by atoms with Crippen LogP contribution < -0.4 is 10.1 Å². The van der Waals surface area contributed by atoms with E-state index in [1.807, 2.05) is 24.3 Å². The Balaban J connectivity index is 1.78. The predicted molar refractivity (Wildman–Crippen MR) is 73.4 cm³/mol. The van der Waals surface area contributed by atoms with Gasteiger partial charge in [-0.2, -0.15) is 0 Å². The number of methoxy groups -OCH3 is 1. The molecule has 2 heterocycles. The summed E-state index contributed by atoms with van der Waals surface area (Å²) in [7, 11) is 1.64. The van der Waals surface area contributed by atoms with Gasteiger partial charge in [0.1, 0.15) is 5.75 Å².